The number of aromatic nitrogens is 1. The fourth-order valence-electron chi connectivity index (χ4n) is 0.565. The SMILES string of the molecule is O=C([O-])c1ncc(Cl)cc1Cl. The molecule has 58 valence electrons. The van der Waals surface area contributed by atoms with Crippen molar-refractivity contribution >= 4 is 29.2 Å². The predicted molar refractivity (Wildman–Crippen MR) is 38.6 cm³/mol. The van der Waals surface area contributed by atoms with Crippen LogP contribution in [0.1, 0.15) is 10.5 Å². The number of carbonyl (C=O) groups excluding carboxylic acids is 1. The van der Waals surface area contributed by atoms with Crippen LogP contribution in [-0.2, 0) is 0 Å². The average Bonchev–Trinajstić information content (AvgIpc) is 1.85. The van der Waals surface area contributed by atoms with E-state index in [9.17, 15) is 9.90 Å². The van der Waals surface area contributed by atoms with Gasteiger partial charge in [0.1, 0.15) is 5.69 Å². The van der Waals surface area contributed by atoms with Gasteiger partial charge in [-0.05, 0) is 6.07 Å². The van der Waals surface area contributed by atoms with E-state index in [2.05, 4.69) is 4.98 Å². The van der Waals surface area contributed by atoms with Crippen LogP contribution in [0.5, 0.6) is 0 Å². The van der Waals surface area contributed by atoms with Crippen LogP contribution in [0.4, 0.5) is 0 Å². The first-order valence-corrected chi connectivity index (χ1v) is 3.39. The van der Waals surface area contributed by atoms with Gasteiger partial charge < -0.3 is 9.90 Å². The van der Waals surface area contributed by atoms with Crippen molar-refractivity contribution in [3.05, 3.63) is 28.0 Å². The molecule has 0 amide bonds. The van der Waals surface area contributed by atoms with Gasteiger partial charge in [-0.1, -0.05) is 23.2 Å². The van der Waals surface area contributed by atoms with Crippen molar-refractivity contribution < 1.29 is 9.90 Å². The highest BCUT2D eigenvalue weighted by Crippen LogP contribution is 2.17. The molecule has 0 saturated carbocycles. The van der Waals surface area contributed by atoms with Crippen LogP contribution >= 0.6 is 23.2 Å². The maximum atomic E-state index is 10.2. The number of carbonyl (C=O) groups is 1. The lowest BCUT2D eigenvalue weighted by molar-refractivity contribution is -0.255. The van der Waals surface area contributed by atoms with Gasteiger partial charge in [-0.25, -0.2) is 0 Å². The van der Waals surface area contributed by atoms with E-state index in [4.69, 9.17) is 23.2 Å². The van der Waals surface area contributed by atoms with Gasteiger partial charge >= 0.3 is 0 Å². The van der Waals surface area contributed by atoms with Gasteiger partial charge in [0.15, 0.2) is 0 Å². The fraction of sp³-hybridized carbons (Fsp3) is 0. The molecule has 3 nitrogen and oxygen atoms in total. The summed E-state index contributed by atoms with van der Waals surface area (Å²) in [6, 6.07) is 1.29. The van der Waals surface area contributed by atoms with E-state index in [0.717, 1.165) is 0 Å². The van der Waals surface area contributed by atoms with Crippen LogP contribution in [0, 0.1) is 0 Å². The number of hydrogen-bond donors (Lipinski definition) is 0. The van der Waals surface area contributed by atoms with Gasteiger partial charge in [-0.15, -0.1) is 0 Å². The van der Waals surface area contributed by atoms with E-state index in [1.165, 1.54) is 12.3 Å². The van der Waals surface area contributed by atoms with Crippen molar-refractivity contribution in [1.82, 2.24) is 4.98 Å². The van der Waals surface area contributed by atoms with E-state index in [0.29, 0.717) is 5.02 Å². The summed E-state index contributed by atoms with van der Waals surface area (Å²) in [4.78, 5) is 13.7. The molecule has 0 aromatic carbocycles. The summed E-state index contributed by atoms with van der Waals surface area (Å²) in [5, 5.41) is 10.5. The zero-order valence-electron chi connectivity index (χ0n) is 5.17. The minimum absolute atomic E-state index is 0.0162. The number of carboxylic acids is 1. The zero-order valence-corrected chi connectivity index (χ0v) is 6.69. The van der Waals surface area contributed by atoms with Gasteiger partial charge in [0.05, 0.1) is 16.0 Å². The largest absolute Gasteiger partial charge is 0.543 e. The van der Waals surface area contributed by atoms with Crippen LogP contribution in [0.15, 0.2) is 12.3 Å². The highest BCUT2D eigenvalue weighted by atomic mass is 35.5. The van der Waals surface area contributed by atoms with Crippen molar-refractivity contribution in [3.63, 3.8) is 0 Å². The van der Waals surface area contributed by atoms with Crippen LogP contribution in [-0.4, -0.2) is 11.0 Å². The molecule has 0 aliphatic carbocycles. The molecule has 0 atom stereocenters. The molecule has 1 aromatic rings. The van der Waals surface area contributed by atoms with Gasteiger partial charge in [-0.3, -0.25) is 4.98 Å². The van der Waals surface area contributed by atoms with E-state index in [1.54, 1.807) is 0 Å². The number of carboxylic acid groups (broad SMARTS) is 1. The lowest BCUT2D eigenvalue weighted by Crippen LogP contribution is -2.23. The second-order valence-electron chi connectivity index (χ2n) is 1.77. The summed E-state index contributed by atoms with van der Waals surface area (Å²) < 4.78 is 0. The maximum Gasteiger partial charge on any atom is 0.104 e. The van der Waals surface area contributed by atoms with Crippen LogP contribution < -0.4 is 5.11 Å². The molecule has 0 aliphatic heterocycles. The first kappa shape index (κ1) is 8.30. The van der Waals surface area contributed by atoms with E-state index >= 15 is 0 Å². The minimum Gasteiger partial charge on any atom is -0.543 e. The molecule has 0 spiro atoms. The maximum absolute atomic E-state index is 10.2. The highest BCUT2D eigenvalue weighted by molar-refractivity contribution is 6.36. The highest BCUT2D eigenvalue weighted by Gasteiger charge is 2.02. The minimum atomic E-state index is -1.41. The first-order valence-electron chi connectivity index (χ1n) is 2.63. The van der Waals surface area contributed by atoms with Crippen molar-refractivity contribution in [2.24, 2.45) is 0 Å². The second kappa shape index (κ2) is 3.07. The monoisotopic (exact) mass is 190 g/mol. The summed E-state index contributed by atoms with van der Waals surface area (Å²) >= 11 is 10.9. The van der Waals surface area contributed by atoms with Gasteiger partial charge in [-0.2, -0.15) is 0 Å². The van der Waals surface area contributed by atoms with Gasteiger partial charge in [0.25, 0.3) is 0 Å². The molecule has 0 fully saturated rings. The quantitative estimate of drug-likeness (QED) is 0.658. The van der Waals surface area contributed by atoms with E-state index in [-0.39, 0.29) is 10.7 Å². The van der Waals surface area contributed by atoms with Gasteiger partial charge in [0.2, 0.25) is 0 Å². The van der Waals surface area contributed by atoms with Crippen LogP contribution in [0.2, 0.25) is 10.0 Å². The number of nitrogens with zero attached hydrogens (tertiary/aromatic N) is 1. The Morgan fingerprint density at radius 3 is 2.64 bits per heavy atom. The molecule has 11 heavy (non-hydrogen) atoms. The lowest BCUT2D eigenvalue weighted by Gasteiger charge is -2.02. The Hall–Kier alpha value is -0.800. The van der Waals surface area contributed by atoms with E-state index < -0.39 is 5.97 Å². The fourth-order valence-corrected chi connectivity index (χ4v) is 1.02. The number of pyridine rings is 1. The van der Waals surface area contributed by atoms with Crippen LogP contribution in [0.3, 0.4) is 0 Å². The molecule has 1 heterocycles. The smallest absolute Gasteiger partial charge is 0.104 e. The molecule has 0 aliphatic rings. The summed E-state index contributed by atoms with van der Waals surface area (Å²) in [5.74, 6) is -1.41. The predicted octanol–water partition coefficient (Wildman–Crippen LogP) is 0.752. The molecule has 1 aromatic heterocycles. The van der Waals surface area contributed by atoms with Crippen molar-refractivity contribution in [1.29, 1.82) is 0 Å². The number of aromatic carboxylic acids is 1. The molecule has 0 N–H and O–H groups in total. The summed E-state index contributed by atoms with van der Waals surface area (Å²) in [5.41, 5.74) is -0.295. The third-order valence-corrected chi connectivity index (χ3v) is 1.50. The molecular weight excluding hydrogens is 189 g/mol. The Balaban J connectivity index is 3.20. The van der Waals surface area contributed by atoms with Crippen molar-refractivity contribution in [2.75, 3.05) is 0 Å². The normalized spacial score (nSPS) is 9.64. The Morgan fingerprint density at radius 2 is 2.18 bits per heavy atom. The third kappa shape index (κ3) is 1.82. The molecule has 5 heteroatoms. The molecule has 1 rings (SSSR count). The molecule has 0 radical (unpaired) electrons. The standard InChI is InChI=1S/C6H3Cl2NO2/c7-3-1-4(8)5(6(10)11)9-2-3/h1-2H,(H,10,11)/p-1. The number of halogens is 2. The second-order valence-corrected chi connectivity index (χ2v) is 2.62. The Bertz CT molecular complexity index is 301. The zero-order chi connectivity index (χ0) is 8.43. The van der Waals surface area contributed by atoms with Gasteiger partial charge in [0, 0.05) is 6.20 Å². The molecule has 0 unspecified atom stereocenters. The number of hydrogen-bond acceptors (Lipinski definition) is 3. The average molecular weight is 191 g/mol. The lowest BCUT2D eigenvalue weighted by atomic mass is 10.3. The Labute approximate surface area is 72.6 Å². The number of rotatable bonds is 1. The Morgan fingerprint density at radius 1 is 1.55 bits per heavy atom. The summed E-state index contributed by atoms with van der Waals surface area (Å²) in [6.07, 6.45) is 1.19. The summed E-state index contributed by atoms with van der Waals surface area (Å²) in [6.45, 7) is 0. The topological polar surface area (TPSA) is 53.0 Å². The summed E-state index contributed by atoms with van der Waals surface area (Å²) in [7, 11) is 0. The van der Waals surface area contributed by atoms with Crippen molar-refractivity contribution in [3.8, 4) is 0 Å². The molecular formula is C6H2Cl2NO2-. The third-order valence-electron chi connectivity index (χ3n) is 1.00. The van der Waals surface area contributed by atoms with E-state index in [1.807, 2.05) is 0 Å². The van der Waals surface area contributed by atoms with Crippen molar-refractivity contribution in [2.45, 2.75) is 0 Å². The Kier molecular flexibility index (Phi) is 2.31. The first-order chi connectivity index (χ1) is 5.11. The molecule has 0 bridgehead atoms. The molecule has 0 saturated heterocycles. The van der Waals surface area contributed by atoms with Crippen LogP contribution in [0.25, 0.3) is 0 Å².